The Labute approximate surface area is 214 Å². The summed E-state index contributed by atoms with van der Waals surface area (Å²) in [4.78, 5) is 31.5. The number of piperidine rings is 1. The fraction of sp³-hybridized carbons (Fsp3) is 0.714. The van der Waals surface area contributed by atoms with Crippen LogP contribution in [-0.2, 0) is 9.59 Å². The normalized spacial score (nSPS) is 27.7. The number of aliphatic hydroxyl groups is 1. The van der Waals surface area contributed by atoms with E-state index in [-0.39, 0.29) is 23.8 Å². The number of unbranched alkanes of at least 4 members (excludes halogenated alkanes) is 1. The highest BCUT2D eigenvalue weighted by molar-refractivity contribution is 6.00. The molecule has 0 radical (unpaired) electrons. The van der Waals surface area contributed by atoms with E-state index in [1.165, 1.54) is 6.42 Å². The maximum Gasteiger partial charge on any atom is 0.248 e. The predicted octanol–water partition coefficient (Wildman–Crippen LogP) is 2.73. The molecule has 0 aromatic heterocycles. The van der Waals surface area contributed by atoms with Crippen molar-refractivity contribution in [2.24, 2.45) is 5.92 Å². The number of carbonyl (C=O) groups is 2. The summed E-state index contributed by atoms with van der Waals surface area (Å²) in [7, 11) is 0. The van der Waals surface area contributed by atoms with Crippen molar-refractivity contribution in [3.05, 3.63) is 24.3 Å². The summed E-state index contributed by atoms with van der Waals surface area (Å²) in [5.74, 6) is 1.44. The zero-order valence-corrected chi connectivity index (χ0v) is 21.5. The second-order valence-electron chi connectivity index (χ2n) is 11.0. The van der Waals surface area contributed by atoms with Gasteiger partial charge in [0, 0.05) is 26.2 Å². The highest BCUT2D eigenvalue weighted by Crippen LogP contribution is 2.37. The maximum atomic E-state index is 13.8. The highest BCUT2D eigenvalue weighted by Gasteiger charge is 2.55. The molecule has 3 heterocycles. The fourth-order valence-electron chi connectivity index (χ4n) is 6.50. The molecular formula is C28H41N3O5. The van der Waals surface area contributed by atoms with Crippen LogP contribution in [0.15, 0.2) is 24.3 Å². The molecule has 198 valence electrons. The SMILES string of the molecule is CCCCN1C(=O)[C@@H]([C@H](O)C2CCCCC2)NC(=O)C12CCN(CC1COc3ccccc3O1)CC2. The molecule has 3 atom stereocenters. The first-order chi connectivity index (χ1) is 17.5. The van der Waals surface area contributed by atoms with Crippen molar-refractivity contribution in [3.8, 4) is 11.5 Å². The van der Waals surface area contributed by atoms with Crippen LogP contribution in [0.2, 0.25) is 0 Å². The molecular weight excluding hydrogens is 458 g/mol. The molecule has 36 heavy (non-hydrogen) atoms. The third-order valence-electron chi connectivity index (χ3n) is 8.68. The summed E-state index contributed by atoms with van der Waals surface area (Å²) >= 11 is 0. The second-order valence-corrected chi connectivity index (χ2v) is 11.0. The van der Waals surface area contributed by atoms with Gasteiger partial charge in [0.15, 0.2) is 11.5 Å². The highest BCUT2D eigenvalue weighted by atomic mass is 16.6. The van der Waals surface area contributed by atoms with E-state index in [0.29, 0.717) is 39.1 Å². The number of hydrogen-bond donors (Lipinski definition) is 2. The molecule has 8 heteroatoms. The monoisotopic (exact) mass is 499 g/mol. The standard InChI is InChI=1S/C28H41N3O5/c1-2-3-15-31-26(33)24(25(32)20-9-5-4-6-10-20)29-27(34)28(31)13-16-30(17-14-28)18-21-19-35-22-11-7-8-12-23(22)36-21/h7-8,11-12,20-21,24-25,32H,2-6,9-10,13-19H2,1H3,(H,29,34)/t21?,24-,25-/m1/s1. The number of amides is 2. The van der Waals surface area contributed by atoms with E-state index in [9.17, 15) is 14.7 Å². The molecule has 2 saturated heterocycles. The van der Waals surface area contributed by atoms with Crippen molar-refractivity contribution in [2.45, 2.75) is 88.5 Å². The lowest BCUT2D eigenvalue weighted by atomic mass is 9.78. The second kappa shape index (κ2) is 11.0. The molecule has 1 saturated carbocycles. The number of aliphatic hydroxyl groups excluding tert-OH is 1. The molecule has 5 rings (SSSR count). The van der Waals surface area contributed by atoms with Crippen molar-refractivity contribution in [1.29, 1.82) is 0 Å². The smallest absolute Gasteiger partial charge is 0.248 e. The number of benzene rings is 1. The van der Waals surface area contributed by atoms with Crippen LogP contribution in [0.25, 0.3) is 0 Å². The van der Waals surface area contributed by atoms with Crippen molar-refractivity contribution < 1.29 is 24.2 Å². The molecule has 1 aromatic rings. The van der Waals surface area contributed by atoms with E-state index in [4.69, 9.17) is 9.47 Å². The van der Waals surface area contributed by atoms with Crippen LogP contribution in [0.5, 0.6) is 11.5 Å². The molecule has 1 aliphatic carbocycles. The summed E-state index contributed by atoms with van der Waals surface area (Å²) in [6.07, 6.45) is 7.29. The van der Waals surface area contributed by atoms with E-state index >= 15 is 0 Å². The Morgan fingerprint density at radius 2 is 1.83 bits per heavy atom. The van der Waals surface area contributed by atoms with Gasteiger partial charge in [-0.3, -0.25) is 14.5 Å². The Morgan fingerprint density at radius 1 is 1.11 bits per heavy atom. The molecule has 1 spiro atoms. The molecule has 2 amide bonds. The topological polar surface area (TPSA) is 91.3 Å². The van der Waals surface area contributed by atoms with E-state index < -0.39 is 17.7 Å². The summed E-state index contributed by atoms with van der Waals surface area (Å²) in [6, 6.07) is 6.89. The Hall–Kier alpha value is -2.32. The van der Waals surface area contributed by atoms with Crippen LogP contribution in [0.4, 0.5) is 0 Å². The molecule has 8 nitrogen and oxygen atoms in total. The Morgan fingerprint density at radius 3 is 2.56 bits per heavy atom. The van der Waals surface area contributed by atoms with E-state index in [1.807, 2.05) is 29.2 Å². The van der Waals surface area contributed by atoms with Crippen LogP contribution < -0.4 is 14.8 Å². The Kier molecular flexibility index (Phi) is 7.72. The zero-order valence-electron chi connectivity index (χ0n) is 21.5. The van der Waals surface area contributed by atoms with Gasteiger partial charge in [0.1, 0.15) is 24.3 Å². The summed E-state index contributed by atoms with van der Waals surface area (Å²) < 4.78 is 12.0. The fourth-order valence-corrected chi connectivity index (χ4v) is 6.50. The minimum Gasteiger partial charge on any atom is -0.486 e. The quantitative estimate of drug-likeness (QED) is 0.600. The number of piperazine rings is 1. The average molecular weight is 500 g/mol. The number of nitrogens with one attached hydrogen (secondary N) is 1. The van der Waals surface area contributed by atoms with Crippen molar-refractivity contribution >= 4 is 11.8 Å². The number of para-hydroxylation sites is 2. The summed E-state index contributed by atoms with van der Waals surface area (Å²) in [5.41, 5.74) is -0.831. The number of carbonyl (C=O) groups excluding carboxylic acids is 2. The van der Waals surface area contributed by atoms with Gasteiger partial charge < -0.3 is 24.8 Å². The van der Waals surface area contributed by atoms with Crippen LogP contribution in [0.3, 0.4) is 0 Å². The minimum absolute atomic E-state index is 0.0676. The third-order valence-corrected chi connectivity index (χ3v) is 8.68. The molecule has 1 aromatic carbocycles. The molecule has 3 fully saturated rings. The largest absolute Gasteiger partial charge is 0.486 e. The minimum atomic E-state index is -0.831. The van der Waals surface area contributed by atoms with Gasteiger partial charge >= 0.3 is 0 Å². The number of rotatable bonds is 7. The van der Waals surface area contributed by atoms with Gasteiger partial charge in [0.25, 0.3) is 0 Å². The number of fused-ring (bicyclic) bond motifs is 1. The molecule has 4 aliphatic rings. The van der Waals surface area contributed by atoms with E-state index in [0.717, 1.165) is 56.6 Å². The van der Waals surface area contributed by atoms with Crippen LogP contribution in [0, 0.1) is 5.92 Å². The Balaban J connectivity index is 1.24. The van der Waals surface area contributed by atoms with E-state index in [2.05, 4.69) is 17.1 Å². The summed E-state index contributed by atoms with van der Waals surface area (Å²) in [6.45, 7) is 5.30. The van der Waals surface area contributed by atoms with Crippen LogP contribution in [0.1, 0.15) is 64.7 Å². The van der Waals surface area contributed by atoms with E-state index in [1.54, 1.807) is 0 Å². The number of nitrogens with zero attached hydrogens (tertiary/aromatic N) is 2. The lowest BCUT2D eigenvalue weighted by Gasteiger charge is -2.53. The zero-order chi connectivity index (χ0) is 25.1. The molecule has 3 aliphatic heterocycles. The van der Waals surface area contributed by atoms with Crippen molar-refractivity contribution in [1.82, 2.24) is 15.1 Å². The third kappa shape index (κ3) is 4.94. The first kappa shape index (κ1) is 25.3. The van der Waals surface area contributed by atoms with Crippen molar-refractivity contribution in [3.63, 3.8) is 0 Å². The van der Waals surface area contributed by atoms with Crippen LogP contribution >= 0.6 is 0 Å². The van der Waals surface area contributed by atoms with Gasteiger partial charge in [-0.1, -0.05) is 44.7 Å². The lowest BCUT2D eigenvalue weighted by Crippen LogP contribution is -2.75. The Bertz CT molecular complexity index is 926. The van der Waals surface area contributed by atoms with Gasteiger partial charge in [-0.25, -0.2) is 0 Å². The first-order valence-corrected chi connectivity index (χ1v) is 13.9. The van der Waals surface area contributed by atoms with Gasteiger partial charge in [-0.05, 0) is 50.2 Å². The van der Waals surface area contributed by atoms with Gasteiger partial charge in [0.2, 0.25) is 11.8 Å². The van der Waals surface area contributed by atoms with Gasteiger partial charge in [0.05, 0.1) is 6.10 Å². The van der Waals surface area contributed by atoms with Gasteiger partial charge in [-0.15, -0.1) is 0 Å². The van der Waals surface area contributed by atoms with Crippen molar-refractivity contribution in [2.75, 3.05) is 32.8 Å². The van der Waals surface area contributed by atoms with Gasteiger partial charge in [-0.2, -0.15) is 0 Å². The predicted molar refractivity (Wildman–Crippen MR) is 136 cm³/mol. The number of likely N-dealkylation sites (tertiary alicyclic amines) is 1. The maximum absolute atomic E-state index is 13.8. The average Bonchev–Trinajstić information content (AvgIpc) is 2.92. The summed E-state index contributed by atoms with van der Waals surface area (Å²) in [5, 5.41) is 14.1. The molecule has 0 bridgehead atoms. The molecule has 2 N–H and O–H groups in total. The molecule has 1 unspecified atom stereocenters. The first-order valence-electron chi connectivity index (χ1n) is 13.9. The lowest BCUT2D eigenvalue weighted by molar-refractivity contribution is -0.166. The van der Waals surface area contributed by atoms with Crippen LogP contribution in [-0.4, -0.2) is 83.3 Å². The number of hydrogen-bond acceptors (Lipinski definition) is 6. The number of ether oxygens (including phenoxy) is 2.